The van der Waals surface area contributed by atoms with Crippen LogP contribution in [0.5, 0.6) is 28.7 Å². The van der Waals surface area contributed by atoms with E-state index in [0.29, 0.717) is 12.0 Å². The van der Waals surface area contributed by atoms with Gasteiger partial charge in [0, 0.05) is 72.6 Å². The third-order valence-electron chi connectivity index (χ3n) is 9.02. The number of carbonyl (C=O) groups excluding carboxylic acids is 3. The van der Waals surface area contributed by atoms with Gasteiger partial charge in [-0.2, -0.15) is 0 Å². The number of methoxy groups -OCH3 is 3. The maximum atomic E-state index is 14.3. The Bertz CT molecular complexity index is 2020. The molecule has 1 aliphatic heterocycles. The van der Waals surface area contributed by atoms with E-state index in [1.807, 2.05) is 17.5 Å². The summed E-state index contributed by atoms with van der Waals surface area (Å²) in [6.45, 7) is 1.87. The summed E-state index contributed by atoms with van der Waals surface area (Å²) in [5, 5.41) is 28.0. The molecule has 2 aromatic heterocycles. The highest BCUT2D eigenvalue weighted by Crippen LogP contribution is 2.56. The van der Waals surface area contributed by atoms with Crippen molar-refractivity contribution in [2.24, 2.45) is 5.92 Å². The summed E-state index contributed by atoms with van der Waals surface area (Å²) >= 11 is 8.07. The highest BCUT2D eigenvalue weighted by molar-refractivity contribution is 7.13. The number of hydrogen-bond donors (Lipinski definition) is 3. The average Bonchev–Trinajstić information content (AvgIpc) is 3.71. The molecule has 3 atom stereocenters. The van der Waals surface area contributed by atoms with E-state index in [-0.39, 0.29) is 64.3 Å². The molecule has 2 aromatic carbocycles. The normalized spacial score (nSPS) is 18.9. The maximum Gasteiger partial charge on any atom is 0.231 e. The number of aromatic hydroxyl groups is 1. The molecule has 50 heavy (non-hydrogen) atoms. The van der Waals surface area contributed by atoms with E-state index in [4.69, 9.17) is 30.5 Å². The maximum absolute atomic E-state index is 14.3. The molecule has 0 saturated heterocycles. The molecule has 3 N–H and O–H groups in total. The van der Waals surface area contributed by atoms with E-state index in [0.717, 1.165) is 16.3 Å². The Morgan fingerprint density at radius 3 is 2.58 bits per heavy atom. The van der Waals surface area contributed by atoms with E-state index in [1.54, 1.807) is 19.3 Å². The number of fused-ring (bicyclic) bond motifs is 1. The molecule has 6 rings (SSSR count). The predicted molar refractivity (Wildman–Crippen MR) is 185 cm³/mol. The molecule has 2 aliphatic rings. The van der Waals surface area contributed by atoms with Crippen molar-refractivity contribution in [1.82, 2.24) is 15.3 Å². The molecular weight excluding hydrogens is 686 g/mol. The van der Waals surface area contributed by atoms with Gasteiger partial charge in [-0.3, -0.25) is 19.4 Å². The van der Waals surface area contributed by atoms with Gasteiger partial charge in [-0.25, -0.2) is 4.98 Å². The molecule has 260 valence electrons. The first-order valence-corrected chi connectivity index (χ1v) is 16.9. The summed E-state index contributed by atoms with van der Waals surface area (Å²) < 4.78 is 22.4. The van der Waals surface area contributed by atoms with Gasteiger partial charge in [0.2, 0.25) is 17.3 Å². The summed E-state index contributed by atoms with van der Waals surface area (Å²) in [4.78, 5) is 50.5. The number of halogens is 1. The van der Waals surface area contributed by atoms with E-state index >= 15 is 0 Å². The van der Waals surface area contributed by atoms with Gasteiger partial charge in [-0.1, -0.05) is 24.6 Å². The van der Waals surface area contributed by atoms with Crippen molar-refractivity contribution in [1.29, 1.82) is 0 Å². The number of hydrogen-bond acceptors (Lipinski definition) is 12. The van der Waals surface area contributed by atoms with Crippen LogP contribution in [0.1, 0.15) is 47.3 Å². The number of amides is 1. The van der Waals surface area contributed by atoms with Gasteiger partial charge in [-0.05, 0) is 29.8 Å². The molecule has 3 heterocycles. The second kappa shape index (κ2) is 14.0. The molecular formula is C36H34ClN3O9S. The van der Waals surface area contributed by atoms with E-state index in [2.05, 4.69) is 15.3 Å². The molecule has 14 heteroatoms. The minimum Gasteiger partial charge on any atom is -0.507 e. The molecule has 1 amide bonds. The number of benzene rings is 2. The minimum absolute atomic E-state index is 0.000260. The zero-order valence-electron chi connectivity index (χ0n) is 27.6. The number of aromatic nitrogens is 2. The smallest absolute Gasteiger partial charge is 0.231 e. The van der Waals surface area contributed by atoms with Crippen molar-refractivity contribution in [3.63, 3.8) is 0 Å². The number of thiazole rings is 1. The fourth-order valence-electron chi connectivity index (χ4n) is 6.47. The van der Waals surface area contributed by atoms with Crippen LogP contribution in [0.3, 0.4) is 0 Å². The molecule has 12 nitrogen and oxygen atoms in total. The van der Waals surface area contributed by atoms with Gasteiger partial charge in [0.25, 0.3) is 0 Å². The van der Waals surface area contributed by atoms with Gasteiger partial charge in [0.05, 0.1) is 27.0 Å². The second-order valence-corrected chi connectivity index (χ2v) is 13.2. The standard InChI is InChI=1S/C36H34ClN3O9S/c1-18-12-24(42)29(33(44)36(18)34(45)30-26(47-3)15-27(48-4)31(37)32(30)49-36)22(19-7-8-23(41)25(13-19)46-2)14-28(43)39-11-9-21-17-50-35(40-21)20-6-5-10-38-16-20/h5-8,10,13,15-18,22,41,44H,9,11-12,14H2,1-4H3,(H,39,43). The molecule has 0 fully saturated rings. The van der Waals surface area contributed by atoms with Gasteiger partial charge in [-0.15, -0.1) is 11.3 Å². The summed E-state index contributed by atoms with van der Waals surface area (Å²) in [7, 11) is 4.14. The Hall–Kier alpha value is -5.14. The number of phenolic OH excluding ortho intramolecular Hbond substituents is 1. The van der Waals surface area contributed by atoms with Crippen LogP contribution in [0.25, 0.3) is 10.6 Å². The lowest BCUT2D eigenvalue weighted by Gasteiger charge is -2.38. The SMILES string of the molecule is COc1cc(C(CC(=O)NCCc2csc(-c3cccnc3)n2)C2=C(O)C3(Oc4c(Cl)c(OC)cc(OC)c4C3=O)C(C)CC2=O)ccc1O. The number of nitrogens with one attached hydrogen (secondary N) is 1. The van der Waals surface area contributed by atoms with Crippen LogP contribution < -0.4 is 24.3 Å². The van der Waals surface area contributed by atoms with Crippen molar-refractivity contribution >= 4 is 40.4 Å². The third-order valence-corrected chi connectivity index (χ3v) is 10.3. The molecule has 0 bridgehead atoms. The Kier molecular flexibility index (Phi) is 9.72. The summed E-state index contributed by atoms with van der Waals surface area (Å²) in [6.07, 6.45) is 3.39. The van der Waals surface area contributed by atoms with E-state index in [9.17, 15) is 24.6 Å². The summed E-state index contributed by atoms with van der Waals surface area (Å²) in [5.74, 6) is -3.88. The van der Waals surface area contributed by atoms with Crippen LogP contribution in [0, 0.1) is 5.92 Å². The molecule has 3 unspecified atom stereocenters. The Morgan fingerprint density at radius 1 is 1.12 bits per heavy atom. The van der Waals surface area contributed by atoms with Crippen LogP contribution in [-0.4, -0.2) is 71.1 Å². The molecule has 4 aromatic rings. The van der Waals surface area contributed by atoms with Crippen molar-refractivity contribution in [3.05, 3.63) is 87.3 Å². The van der Waals surface area contributed by atoms with E-state index in [1.165, 1.54) is 56.9 Å². The fourth-order valence-corrected chi connectivity index (χ4v) is 7.58. The number of carbonyl (C=O) groups is 3. The Morgan fingerprint density at radius 2 is 1.88 bits per heavy atom. The predicted octanol–water partition coefficient (Wildman–Crippen LogP) is 5.86. The molecule has 1 spiro atoms. The lowest BCUT2D eigenvalue weighted by molar-refractivity contribution is -0.121. The van der Waals surface area contributed by atoms with Gasteiger partial charge in [0.15, 0.2) is 28.8 Å². The van der Waals surface area contributed by atoms with E-state index < -0.39 is 40.7 Å². The van der Waals surface area contributed by atoms with Crippen LogP contribution in [0.2, 0.25) is 5.02 Å². The number of pyridine rings is 1. The number of Topliss-reactive ketones (excluding diaryl/α,β-unsaturated/α-hetero) is 2. The lowest BCUT2D eigenvalue weighted by atomic mass is 9.69. The molecule has 0 radical (unpaired) electrons. The first kappa shape index (κ1) is 34.7. The zero-order chi connectivity index (χ0) is 35.7. The largest absolute Gasteiger partial charge is 0.507 e. The Balaban J connectivity index is 1.34. The van der Waals surface area contributed by atoms with Gasteiger partial charge < -0.3 is 34.5 Å². The average molecular weight is 720 g/mol. The quantitative estimate of drug-likeness (QED) is 0.170. The Labute approximate surface area is 296 Å². The van der Waals surface area contributed by atoms with Crippen LogP contribution in [-0.2, 0) is 16.0 Å². The topological polar surface area (TPSA) is 166 Å². The summed E-state index contributed by atoms with van der Waals surface area (Å²) in [5.41, 5.74) is -0.147. The molecule has 1 aliphatic carbocycles. The number of rotatable bonds is 11. The van der Waals surface area contributed by atoms with Crippen molar-refractivity contribution in [3.8, 4) is 39.3 Å². The second-order valence-electron chi connectivity index (χ2n) is 11.9. The number of phenols is 1. The number of aliphatic hydroxyl groups is 1. The lowest BCUT2D eigenvalue weighted by Crippen LogP contribution is -2.53. The number of aliphatic hydroxyl groups excluding tert-OH is 1. The zero-order valence-corrected chi connectivity index (χ0v) is 29.2. The van der Waals surface area contributed by atoms with Crippen LogP contribution in [0.4, 0.5) is 0 Å². The highest BCUT2D eigenvalue weighted by atomic mass is 35.5. The van der Waals surface area contributed by atoms with Gasteiger partial charge >= 0.3 is 0 Å². The van der Waals surface area contributed by atoms with Crippen molar-refractivity contribution in [2.45, 2.75) is 37.7 Å². The van der Waals surface area contributed by atoms with Crippen LogP contribution >= 0.6 is 22.9 Å². The number of ketones is 2. The monoisotopic (exact) mass is 719 g/mol. The van der Waals surface area contributed by atoms with Gasteiger partial charge in [0.1, 0.15) is 27.1 Å². The van der Waals surface area contributed by atoms with Crippen LogP contribution in [0.15, 0.2) is 65.5 Å². The van der Waals surface area contributed by atoms with Crippen molar-refractivity contribution < 1.29 is 43.5 Å². The number of allylic oxidation sites excluding steroid dienone is 1. The number of ether oxygens (including phenoxy) is 4. The number of nitrogens with zero attached hydrogens (tertiary/aromatic N) is 2. The first-order chi connectivity index (χ1) is 24.0. The highest BCUT2D eigenvalue weighted by Gasteiger charge is 2.61. The fraction of sp³-hybridized carbons (Fsp3) is 0.306. The molecule has 0 saturated carbocycles. The summed E-state index contributed by atoms with van der Waals surface area (Å²) in [6, 6.07) is 9.58. The van der Waals surface area contributed by atoms with Crippen molar-refractivity contribution in [2.75, 3.05) is 27.9 Å². The minimum atomic E-state index is -2.04. The first-order valence-electron chi connectivity index (χ1n) is 15.7. The third kappa shape index (κ3) is 6.00.